The number of halogens is 2. The van der Waals surface area contributed by atoms with Crippen molar-refractivity contribution in [1.82, 2.24) is 29.4 Å². The molecular weight excluding hydrogens is 366 g/mol. The molecule has 0 bridgehead atoms. The van der Waals surface area contributed by atoms with Crippen LogP contribution in [-0.2, 0) is 24.4 Å². The smallest absolute Gasteiger partial charge is 0.264 e. The minimum absolute atomic E-state index is 0.0685. The number of alkyl halides is 2. The third-order valence-electron chi connectivity index (χ3n) is 4.89. The molecule has 3 aromatic rings. The zero-order chi connectivity index (χ0) is 20.6. The molecule has 1 amide bonds. The lowest BCUT2D eigenvalue weighted by Gasteiger charge is -2.17. The molecule has 7 nitrogen and oxygen atoms in total. The van der Waals surface area contributed by atoms with Crippen molar-refractivity contribution in [3.05, 3.63) is 40.5 Å². The molecule has 0 aliphatic heterocycles. The zero-order valence-corrected chi connectivity index (χ0v) is 16.7. The molecule has 9 heteroatoms. The van der Waals surface area contributed by atoms with E-state index in [0.717, 1.165) is 17.8 Å². The summed E-state index contributed by atoms with van der Waals surface area (Å²) in [5.74, 6) is -0.185. The number of carbonyl (C=O) groups is 1. The van der Waals surface area contributed by atoms with E-state index in [-0.39, 0.29) is 18.0 Å². The van der Waals surface area contributed by atoms with Gasteiger partial charge >= 0.3 is 0 Å². The fourth-order valence-electron chi connectivity index (χ4n) is 3.35. The summed E-state index contributed by atoms with van der Waals surface area (Å²) >= 11 is 0. The van der Waals surface area contributed by atoms with Gasteiger partial charge in [0.2, 0.25) is 5.91 Å². The van der Waals surface area contributed by atoms with Gasteiger partial charge < -0.3 is 4.90 Å². The van der Waals surface area contributed by atoms with Crippen molar-refractivity contribution < 1.29 is 13.6 Å². The van der Waals surface area contributed by atoms with Crippen molar-refractivity contribution >= 4 is 16.9 Å². The van der Waals surface area contributed by atoms with Crippen molar-refractivity contribution in [2.75, 3.05) is 7.05 Å². The van der Waals surface area contributed by atoms with E-state index in [1.165, 1.54) is 10.7 Å². The highest BCUT2D eigenvalue weighted by molar-refractivity contribution is 5.84. The first-order chi connectivity index (χ1) is 13.2. The van der Waals surface area contributed by atoms with Crippen LogP contribution in [0.4, 0.5) is 8.78 Å². The Labute approximate surface area is 162 Å². The number of rotatable bonds is 6. The van der Waals surface area contributed by atoms with Crippen LogP contribution in [0.15, 0.2) is 12.3 Å². The van der Waals surface area contributed by atoms with Crippen LogP contribution in [0.25, 0.3) is 11.0 Å². The lowest BCUT2D eigenvalue weighted by molar-refractivity contribution is -0.131. The van der Waals surface area contributed by atoms with Crippen LogP contribution in [0.2, 0.25) is 0 Å². The molecule has 0 saturated carbocycles. The topological polar surface area (TPSA) is 68.8 Å². The van der Waals surface area contributed by atoms with Crippen molar-refractivity contribution in [3.63, 3.8) is 0 Å². The lowest BCUT2D eigenvalue weighted by Crippen LogP contribution is -2.30. The van der Waals surface area contributed by atoms with Crippen molar-refractivity contribution in [2.45, 2.75) is 53.8 Å². The van der Waals surface area contributed by atoms with Gasteiger partial charge in [0.05, 0.1) is 17.3 Å². The van der Waals surface area contributed by atoms with Gasteiger partial charge in [0.25, 0.3) is 6.43 Å². The van der Waals surface area contributed by atoms with E-state index in [9.17, 15) is 13.6 Å². The van der Waals surface area contributed by atoms with Crippen LogP contribution >= 0.6 is 0 Å². The Morgan fingerprint density at radius 2 is 1.96 bits per heavy atom. The number of likely N-dealkylation sites (N-methyl/N-ethyl adjacent to an activating group) is 1. The highest BCUT2D eigenvalue weighted by Gasteiger charge is 2.22. The maximum absolute atomic E-state index is 13.4. The quantitative estimate of drug-likeness (QED) is 0.648. The Balaban J connectivity index is 1.85. The van der Waals surface area contributed by atoms with Gasteiger partial charge in [0.15, 0.2) is 5.65 Å². The minimum atomic E-state index is -2.63. The molecule has 150 valence electrons. The van der Waals surface area contributed by atoms with Gasteiger partial charge in [-0.25, -0.2) is 18.4 Å². The second kappa shape index (κ2) is 7.65. The maximum Gasteiger partial charge on any atom is 0.264 e. The normalized spacial score (nSPS) is 11.6. The predicted octanol–water partition coefficient (Wildman–Crippen LogP) is 3.17. The summed E-state index contributed by atoms with van der Waals surface area (Å²) in [6.45, 7) is 8.39. The molecule has 3 heterocycles. The molecule has 0 spiro atoms. The van der Waals surface area contributed by atoms with Crippen LogP contribution in [0, 0.1) is 20.8 Å². The summed E-state index contributed by atoms with van der Waals surface area (Å²) in [5, 5.41) is 8.90. The molecular formula is C19H24F2N6O. The highest BCUT2D eigenvalue weighted by Crippen LogP contribution is 2.30. The second-order valence-electron chi connectivity index (χ2n) is 6.92. The molecule has 0 N–H and O–H groups in total. The lowest BCUT2D eigenvalue weighted by atomic mass is 10.1. The number of hydrogen-bond acceptors (Lipinski definition) is 4. The molecule has 0 fully saturated rings. The summed E-state index contributed by atoms with van der Waals surface area (Å²) in [6.07, 6.45) is -0.868. The van der Waals surface area contributed by atoms with E-state index in [4.69, 9.17) is 0 Å². The third kappa shape index (κ3) is 3.61. The summed E-state index contributed by atoms with van der Waals surface area (Å²) in [5.41, 5.74) is 3.09. The van der Waals surface area contributed by atoms with Gasteiger partial charge in [-0.3, -0.25) is 9.48 Å². The molecule has 3 aromatic heterocycles. The van der Waals surface area contributed by atoms with Gasteiger partial charge in [-0.15, -0.1) is 0 Å². The standard InChI is InChI=1S/C19H24F2N6O/c1-6-26-13(4)14(8-22-26)9-25(5)16(28)10-27-19-17(12(3)24-27)15(18(20)21)7-11(2)23-19/h7-8,18H,6,9-10H2,1-5H3. The first-order valence-electron chi connectivity index (χ1n) is 9.11. The molecule has 0 atom stereocenters. The number of carbonyl (C=O) groups excluding carboxylic acids is 1. The van der Waals surface area contributed by atoms with Gasteiger partial charge in [0.1, 0.15) is 6.54 Å². The van der Waals surface area contributed by atoms with E-state index < -0.39 is 6.43 Å². The Morgan fingerprint density at radius 1 is 1.25 bits per heavy atom. The predicted molar refractivity (Wildman–Crippen MR) is 101 cm³/mol. The fraction of sp³-hybridized carbons (Fsp3) is 0.474. The Hall–Kier alpha value is -2.84. The first-order valence-corrected chi connectivity index (χ1v) is 9.11. The van der Waals surface area contributed by atoms with Gasteiger partial charge in [-0.1, -0.05) is 0 Å². The molecule has 0 aliphatic carbocycles. The average Bonchev–Trinajstić information content (AvgIpc) is 3.14. The third-order valence-corrected chi connectivity index (χ3v) is 4.89. The largest absolute Gasteiger partial charge is 0.340 e. The number of aromatic nitrogens is 5. The summed E-state index contributed by atoms with van der Waals surface area (Å²) in [4.78, 5) is 18.7. The Morgan fingerprint density at radius 3 is 2.57 bits per heavy atom. The number of fused-ring (bicyclic) bond motifs is 1. The van der Waals surface area contributed by atoms with Crippen molar-refractivity contribution in [1.29, 1.82) is 0 Å². The van der Waals surface area contributed by atoms with E-state index in [1.54, 1.807) is 32.0 Å². The van der Waals surface area contributed by atoms with Gasteiger partial charge in [-0.05, 0) is 33.8 Å². The van der Waals surface area contributed by atoms with Crippen LogP contribution in [-0.4, -0.2) is 42.4 Å². The molecule has 0 unspecified atom stereocenters. The summed E-state index contributed by atoms with van der Waals surface area (Å²) in [7, 11) is 1.70. The second-order valence-corrected chi connectivity index (χ2v) is 6.92. The first kappa shape index (κ1) is 19.9. The van der Waals surface area contributed by atoms with Crippen molar-refractivity contribution in [3.8, 4) is 0 Å². The number of pyridine rings is 1. The Kier molecular flexibility index (Phi) is 5.44. The van der Waals surface area contributed by atoms with E-state index in [2.05, 4.69) is 15.2 Å². The fourth-order valence-corrected chi connectivity index (χ4v) is 3.35. The van der Waals surface area contributed by atoms with E-state index in [1.807, 2.05) is 18.5 Å². The maximum atomic E-state index is 13.4. The number of aryl methyl sites for hydroxylation is 3. The number of nitrogens with zero attached hydrogens (tertiary/aromatic N) is 6. The monoisotopic (exact) mass is 390 g/mol. The molecule has 0 aromatic carbocycles. The molecule has 0 aliphatic rings. The average molecular weight is 390 g/mol. The van der Waals surface area contributed by atoms with E-state index in [0.29, 0.717) is 29.0 Å². The van der Waals surface area contributed by atoms with E-state index >= 15 is 0 Å². The molecule has 0 saturated heterocycles. The molecule has 0 radical (unpaired) electrons. The van der Waals surface area contributed by atoms with Crippen molar-refractivity contribution in [2.24, 2.45) is 0 Å². The molecule has 3 rings (SSSR count). The number of hydrogen-bond donors (Lipinski definition) is 0. The van der Waals surface area contributed by atoms with Crippen LogP contribution in [0.1, 0.15) is 41.6 Å². The minimum Gasteiger partial charge on any atom is -0.340 e. The number of amides is 1. The summed E-state index contributed by atoms with van der Waals surface area (Å²) < 4.78 is 30.1. The Bertz CT molecular complexity index is 1020. The SMILES string of the molecule is CCn1ncc(CN(C)C(=O)Cn2nc(C)c3c(C(F)F)cc(C)nc32)c1C. The van der Waals surface area contributed by atoms with Gasteiger partial charge in [0, 0.05) is 42.7 Å². The molecule has 28 heavy (non-hydrogen) atoms. The van der Waals surface area contributed by atoms with Crippen LogP contribution in [0.3, 0.4) is 0 Å². The summed E-state index contributed by atoms with van der Waals surface area (Å²) in [6, 6.07) is 1.37. The zero-order valence-electron chi connectivity index (χ0n) is 16.7. The van der Waals surface area contributed by atoms with Gasteiger partial charge in [-0.2, -0.15) is 10.2 Å². The van der Waals surface area contributed by atoms with Crippen LogP contribution < -0.4 is 0 Å². The van der Waals surface area contributed by atoms with Crippen LogP contribution in [0.5, 0.6) is 0 Å². The highest BCUT2D eigenvalue weighted by atomic mass is 19.3.